The largest absolute Gasteiger partial charge is 0.347 e. The van der Waals surface area contributed by atoms with Crippen LogP contribution in [0.3, 0.4) is 0 Å². The Kier molecular flexibility index (Phi) is 5.27. The second-order valence-electron chi connectivity index (χ2n) is 6.48. The van der Waals surface area contributed by atoms with Crippen molar-refractivity contribution >= 4 is 39.2 Å². The SMILES string of the molecule is O=C(/C=C/c1ccc(-c2ccc(Br)cc2)s1)N1CCC2(CC1)OCCO2. The van der Waals surface area contributed by atoms with Gasteiger partial charge in [-0.25, -0.2) is 0 Å². The van der Waals surface area contributed by atoms with Gasteiger partial charge in [0, 0.05) is 46.2 Å². The van der Waals surface area contributed by atoms with E-state index in [1.165, 1.54) is 10.4 Å². The molecule has 4 rings (SSSR count). The van der Waals surface area contributed by atoms with E-state index in [1.54, 1.807) is 17.4 Å². The van der Waals surface area contributed by atoms with Gasteiger partial charge in [-0.3, -0.25) is 4.79 Å². The first-order valence-electron chi connectivity index (χ1n) is 8.74. The van der Waals surface area contributed by atoms with Crippen LogP contribution in [-0.4, -0.2) is 42.9 Å². The number of hydrogen-bond acceptors (Lipinski definition) is 4. The maximum Gasteiger partial charge on any atom is 0.246 e. The van der Waals surface area contributed by atoms with Crippen LogP contribution in [0.1, 0.15) is 17.7 Å². The number of benzene rings is 1. The molecule has 0 N–H and O–H groups in total. The molecule has 2 saturated heterocycles. The zero-order chi connectivity index (χ0) is 18.0. The Labute approximate surface area is 165 Å². The van der Waals surface area contributed by atoms with Gasteiger partial charge in [0.2, 0.25) is 5.91 Å². The average Bonchev–Trinajstić information content (AvgIpc) is 3.31. The third kappa shape index (κ3) is 3.93. The quantitative estimate of drug-likeness (QED) is 0.666. The van der Waals surface area contributed by atoms with E-state index in [0.717, 1.165) is 22.2 Å². The molecule has 1 aromatic heterocycles. The molecule has 26 heavy (non-hydrogen) atoms. The van der Waals surface area contributed by atoms with Crippen LogP contribution >= 0.6 is 27.3 Å². The average molecular weight is 434 g/mol. The van der Waals surface area contributed by atoms with Crippen molar-refractivity contribution < 1.29 is 14.3 Å². The minimum absolute atomic E-state index is 0.0523. The Morgan fingerprint density at radius 2 is 1.77 bits per heavy atom. The fourth-order valence-electron chi connectivity index (χ4n) is 3.32. The van der Waals surface area contributed by atoms with Crippen LogP contribution in [0.25, 0.3) is 16.5 Å². The first kappa shape index (κ1) is 17.9. The van der Waals surface area contributed by atoms with Crippen LogP contribution in [0.5, 0.6) is 0 Å². The maximum absolute atomic E-state index is 12.4. The smallest absolute Gasteiger partial charge is 0.246 e. The molecule has 6 heteroatoms. The molecular weight excluding hydrogens is 414 g/mol. The van der Waals surface area contributed by atoms with Crippen LogP contribution in [0.4, 0.5) is 0 Å². The summed E-state index contributed by atoms with van der Waals surface area (Å²) in [5.41, 5.74) is 1.18. The summed E-state index contributed by atoms with van der Waals surface area (Å²) in [5, 5.41) is 0. The summed E-state index contributed by atoms with van der Waals surface area (Å²) in [5.74, 6) is -0.384. The molecular formula is C20H20BrNO3S. The maximum atomic E-state index is 12.4. The summed E-state index contributed by atoms with van der Waals surface area (Å²) in [6.45, 7) is 2.68. The lowest BCUT2D eigenvalue weighted by Gasteiger charge is -2.37. The lowest BCUT2D eigenvalue weighted by atomic mass is 10.0. The van der Waals surface area contributed by atoms with Crippen LogP contribution in [0.15, 0.2) is 46.9 Å². The molecule has 1 amide bonds. The van der Waals surface area contributed by atoms with Crippen molar-refractivity contribution in [3.8, 4) is 10.4 Å². The number of nitrogens with zero attached hydrogens (tertiary/aromatic N) is 1. The molecule has 1 aromatic carbocycles. The van der Waals surface area contributed by atoms with E-state index in [-0.39, 0.29) is 5.91 Å². The second-order valence-corrected chi connectivity index (χ2v) is 8.51. The lowest BCUT2D eigenvalue weighted by molar-refractivity contribution is -0.186. The number of likely N-dealkylation sites (tertiary alicyclic amines) is 1. The molecule has 4 nitrogen and oxygen atoms in total. The van der Waals surface area contributed by atoms with E-state index in [0.29, 0.717) is 26.3 Å². The van der Waals surface area contributed by atoms with Gasteiger partial charge in [0.25, 0.3) is 0 Å². The van der Waals surface area contributed by atoms with Crippen LogP contribution in [0.2, 0.25) is 0 Å². The van der Waals surface area contributed by atoms with Gasteiger partial charge >= 0.3 is 0 Å². The summed E-state index contributed by atoms with van der Waals surface area (Å²) in [6, 6.07) is 12.4. The predicted octanol–water partition coefficient (Wildman–Crippen LogP) is 4.56. The minimum atomic E-state index is -0.437. The first-order chi connectivity index (χ1) is 12.6. The number of ether oxygens (including phenoxy) is 2. The van der Waals surface area contributed by atoms with E-state index in [9.17, 15) is 4.79 Å². The molecule has 3 heterocycles. The number of hydrogen-bond donors (Lipinski definition) is 0. The van der Waals surface area contributed by atoms with Gasteiger partial charge in [-0.15, -0.1) is 11.3 Å². The van der Waals surface area contributed by atoms with Gasteiger partial charge < -0.3 is 14.4 Å². The molecule has 2 aromatic rings. The number of thiophene rings is 1. The summed E-state index contributed by atoms with van der Waals surface area (Å²) in [6.07, 6.45) is 5.08. The van der Waals surface area contributed by atoms with Gasteiger partial charge in [-0.2, -0.15) is 0 Å². The second kappa shape index (κ2) is 7.64. The third-order valence-corrected chi connectivity index (χ3v) is 6.42. The molecule has 0 saturated carbocycles. The van der Waals surface area contributed by atoms with Crippen LogP contribution in [0, 0.1) is 0 Å². The first-order valence-corrected chi connectivity index (χ1v) is 10.4. The lowest BCUT2D eigenvalue weighted by Crippen LogP contribution is -2.46. The Morgan fingerprint density at radius 3 is 2.46 bits per heavy atom. The van der Waals surface area contributed by atoms with Crippen molar-refractivity contribution in [1.29, 1.82) is 0 Å². The van der Waals surface area contributed by atoms with E-state index in [4.69, 9.17) is 9.47 Å². The van der Waals surface area contributed by atoms with E-state index >= 15 is 0 Å². The van der Waals surface area contributed by atoms with E-state index in [2.05, 4.69) is 40.2 Å². The normalized spacial score (nSPS) is 19.5. The number of amides is 1. The number of carbonyl (C=O) groups excluding carboxylic acids is 1. The fourth-order valence-corrected chi connectivity index (χ4v) is 4.50. The minimum Gasteiger partial charge on any atom is -0.347 e. The molecule has 2 aliphatic heterocycles. The van der Waals surface area contributed by atoms with Crippen LogP contribution < -0.4 is 0 Å². The highest BCUT2D eigenvalue weighted by Crippen LogP contribution is 2.32. The van der Waals surface area contributed by atoms with Gasteiger partial charge in [0.05, 0.1) is 13.2 Å². The molecule has 0 unspecified atom stereocenters. The zero-order valence-electron chi connectivity index (χ0n) is 14.3. The Balaban J connectivity index is 1.36. The molecule has 0 aliphatic carbocycles. The number of halogens is 1. The van der Waals surface area contributed by atoms with Crippen LogP contribution in [-0.2, 0) is 14.3 Å². The van der Waals surface area contributed by atoms with Gasteiger partial charge in [-0.1, -0.05) is 28.1 Å². The van der Waals surface area contributed by atoms with Gasteiger partial charge in [0.1, 0.15) is 0 Å². The summed E-state index contributed by atoms with van der Waals surface area (Å²) < 4.78 is 12.5. The molecule has 0 atom stereocenters. The van der Waals surface area contributed by atoms with Crippen molar-refractivity contribution in [2.45, 2.75) is 18.6 Å². The van der Waals surface area contributed by atoms with Crippen molar-refractivity contribution in [2.24, 2.45) is 0 Å². The molecule has 2 fully saturated rings. The molecule has 136 valence electrons. The Bertz CT molecular complexity index is 799. The standard InChI is InChI=1S/C20H20BrNO3S/c21-16-3-1-15(2-4-16)18-7-5-17(26-18)6-8-19(23)22-11-9-20(10-12-22)24-13-14-25-20/h1-8H,9-14H2/b8-6+. The summed E-state index contributed by atoms with van der Waals surface area (Å²) in [4.78, 5) is 16.6. The fraction of sp³-hybridized carbons (Fsp3) is 0.350. The number of piperidine rings is 1. The summed E-state index contributed by atoms with van der Waals surface area (Å²) >= 11 is 5.14. The topological polar surface area (TPSA) is 38.8 Å². The Morgan fingerprint density at radius 1 is 1.08 bits per heavy atom. The third-order valence-electron chi connectivity index (χ3n) is 4.80. The molecule has 0 bridgehead atoms. The molecule has 0 radical (unpaired) electrons. The molecule has 1 spiro atoms. The monoisotopic (exact) mass is 433 g/mol. The number of carbonyl (C=O) groups is 1. The predicted molar refractivity (Wildman–Crippen MR) is 107 cm³/mol. The van der Waals surface area contributed by atoms with Crippen molar-refractivity contribution in [3.63, 3.8) is 0 Å². The van der Waals surface area contributed by atoms with Crippen molar-refractivity contribution in [3.05, 3.63) is 51.8 Å². The highest BCUT2D eigenvalue weighted by atomic mass is 79.9. The summed E-state index contributed by atoms with van der Waals surface area (Å²) in [7, 11) is 0. The van der Waals surface area contributed by atoms with Gasteiger partial charge in [0.15, 0.2) is 5.79 Å². The van der Waals surface area contributed by atoms with Crippen molar-refractivity contribution in [2.75, 3.05) is 26.3 Å². The van der Waals surface area contributed by atoms with Crippen molar-refractivity contribution in [1.82, 2.24) is 4.90 Å². The zero-order valence-corrected chi connectivity index (χ0v) is 16.7. The van der Waals surface area contributed by atoms with E-state index < -0.39 is 5.79 Å². The number of rotatable bonds is 3. The molecule has 2 aliphatic rings. The Hall–Kier alpha value is -1.47. The van der Waals surface area contributed by atoms with Gasteiger partial charge in [-0.05, 0) is 35.9 Å². The van der Waals surface area contributed by atoms with E-state index in [1.807, 2.05) is 23.1 Å². The highest BCUT2D eigenvalue weighted by molar-refractivity contribution is 9.10. The highest BCUT2D eigenvalue weighted by Gasteiger charge is 2.40.